The third kappa shape index (κ3) is 3.93. The Hall–Kier alpha value is -0.130. The fourth-order valence-electron chi connectivity index (χ4n) is 2.53. The molecule has 0 atom stereocenters. The number of nitrogens with zero attached hydrogens (tertiary/aromatic N) is 1. The second-order valence-corrected chi connectivity index (χ2v) is 8.46. The van der Waals surface area contributed by atoms with Crippen LogP contribution in [0.4, 0.5) is 0 Å². The average Bonchev–Trinajstić information content (AvgIpc) is 2.27. The number of piperazine rings is 1. The van der Waals surface area contributed by atoms with Crippen LogP contribution in [0, 0.1) is 0 Å². The van der Waals surface area contributed by atoms with E-state index >= 15 is 0 Å². The molecule has 0 aromatic heterocycles. The van der Waals surface area contributed by atoms with E-state index in [9.17, 15) is 8.42 Å². The lowest BCUT2D eigenvalue weighted by Gasteiger charge is -2.52. The van der Waals surface area contributed by atoms with Crippen molar-refractivity contribution in [3.8, 4) is 0 Å². The minimum absolute atomic E-state index is 0.0263. The van der Waals surface area contributed by atoms with E-state index in [1.54, 1.807) is 0 Å². The van der Waals surface area contributed by atoms with Crippen LogP contribution in [0.15, 0.2) is 0 Å². The highest BCUT2D eigenvalue weighted by Gasteiger charge is 2.40. The van der Waals surface area contributed by atoms with E-state index in [0.717, 1.165) is 25.9 Å². The summed E-state index contributed by atoms with van der Waals surface area (Å²) in [5.74, 6) is 0.250. The molecule has 0 amide bonds. The van der Waals surface area contributed by atoms with Crippen LogP contribution in [0.25, 0.3) is 0 Å². The second-order valence-electron chi connectivity index (χ2n) is 6.20. The van der Waals surface area contributed by atoms with Crippen molar-refractivity contribution >= 4 is 9.84 Å². The molecule has 0 saturated carbocycles. The molecule has 1 rings (SSSR count). The van der Waals surface area contributed by atoms with Crippen LogP contribution in [0.2, 0.25) is 0 Å². The van der Waals surface area contributed by atoms with Gasteiger partial charge in [-0.3, -0.25) is 4.90 Å². The predicted molar refractivity (Wildman–Crippen MR) is 76.7 cm³/mol. The van der Waals surface area contributed by atoms with Crippen molar-refractivity contribution in [3.05, 3.63) is 0 Å². The van der Waals surface area contributed by atoms with E-state index in [1.807, 2.05) is 0 Å². The van der Waals surface area contributed by atoms with Crippen LogP contribution in [0.5, 0.6) is 0 Å². The topological polar surface area (TPSA) is 49.4 Å². The molecule has 0 radical (unpaired) electrons. The molecule has 1 aliphatic heterocycles. The van der Waals surface area contributed by atoms with Gasteiger partial charge in [0.1, 0.15) is 9.84 Å². The zero-order valence-electron chi connectivity index (χ0n) is 12.4. The molecule has 0 spiro atoms. The fraction of sp³-hybridized carbons (Fsp3) is 1.00. The van der Waals surface area contributed by atoms with Crippen molar-refractivity contribution < 1.29 is 8.42 Å². The molecule has 4 nitrogen and oxygen atoms in total. The number of sulfone groups is 1. The summed E-state index contributed by atoms with van der Waals surface area (Å²) < 4.78 is 22.7. The Bertz CT molecular complexity index is 372. The van der Waals surface area contributed by atoms with Gasteiger partial charge < -0.3 is 5.32 Å². The van der Waals surface area contributed by atoms with Crippen molar-refractivity contribution in [1.82, 2.24) is 10.2 Å². The first-order chi connectivity index (χ1) is 8.14. The van der Waals surface area contributed by atoms with Crippen LogP contribution >= 0.6 is 0 Å². The maximum atomic E-state index is 11.3. The smallest absolute Gasteiger partial charge is 0.148 e. The Balaban J connectivity index is 2.77. The van der Waals surface area contributed by atoms with Gasteiger partial charge in [0.25, 0.3) is 0 Å². The van der Waals surface area contributed by atoms with E-state index in [0.29, 0.717) is 6.54 Å². The standard InChI is InChI=1S/C13H28N2O2S/c1-6-13(7-2)11-15(8-9-18(5,16)17)12(3,4)10-14-13/h14H,6-11H2,1-5H3. The molecular formula is C13H28N2O2S. The summed E-state index contributed by atoms with van der Waals surface area (Å²) in [6.07, 6.45) is 3.47. The quantitative estimate of drug-likeness (QED) is 0.822. The fourth-order valence-corrected chi connectivity index (χ4v) is 3.08. The Morgan fingerprint density at radius 2 is 1.78 bits per heavy atom. The summed E-state index contributed by atoms with van der Waals surface area (Å²) in [5.41, 5.74) is 0.172. The molecule has 0 aromatic rings. The van der Waals surface area contributed by atoms with Crippen molar-refractivity contribution in [1.29, 1.82) is 0 Å². The Kier molecular flexibility index (Phi) is 4.84. The number of hydrogen-bond donors (Lipinski definition) is 1. The van der Waals surface area contributed by atoms with Crippen LogP contribution in [0.3, 0.4) is 0 Å². The first-order valence-corrected chi connectivity index (χ1v) is 8.88. The Morgan fingerprint density at radius 1 is 1.22 bits per heavy atom. The Morgan fingerprint density at radius 3 is 2.22 bits per heavy atom. The molecule has 0 aliphatic carbocycles. The van der Waals surface area contributed by atoms with Gasteiger partial charge in [-0.05, 0) is 26.7 Å². The molecule has 0 aromatic carbocycles. The maximum Gasteiger partial charge on any atom is 0.148 e. The van der Waals surface area contributed by atoms with Gasteiger partial charge in [0.15, 0.2) is 0 Å². The van der Waals surface area contributed by atoms with Gasteiger partial charge in [-0.2, -0.15) is 0 Å². The summed E-state index contributed by atoms with van der Waals surface area (Å²) >= 11 is 0. The van der Waals surface area contributed by atoms with Crippen LogP contribution in [-0.2, 0) is 9.84 Å². The molecule has 0 unspecified atom stereocenters. The molecular weight excluding hydrogens is 248 g/mol. The molecule has 18 heavy (non-hydrogen) atoms. The van der Waals surface area contributed by atoms with Crippen molar-refractivity contribution in [2.45, 2.75) is 51.6 Å². The van der Waals surface area contributed by atoms with Crippen LogP contribution in [0.1, 0.15) is 40.5 Å². The largest absolute Gasteiger partial charge is 0.308 e. The van der Waals surface area contributed by atoms with E-state index in [2.05, 4.69) is 37.9 Å². The molecule has 1 fully saturated rings. The van der Waals surface area contributed by atoms with E-state index in [4.69, 9.17) is 0 Å². The lowest BCUT2D eigenvalue weighted by atomic mass is 9.85. The maximum absolute atomic E-state index is 11.3. The van der Waals surface area contributed by atoms with Crippen LogP contribution < -0.4 is 5.32 Å². The highest BCUT2D eigenvalue weighted by atomic mass is 32.2. The van der Waals surface area contributed by atoms with Gasteiger partial charge in [-0.15, -0.1) is 0 Å². The van der Waals surface area contributed by atoms with E-state index < -0.39 is 9.84 Å². The second kappa shape index (κ2) is 5.47. The average molecular weight is 276 g/mol. The Labute approximate surface area is 112 Å². The molecule has 1 N–H and O–H groups in total. The molecule has 1 aliphatic rings. The van der Waals surface area contributed by atoms with E-state index in [1.165, 1.54) is 6.26 Å². The number of hydrogen-bond acceptors (Lipinski definition) is 4. The van der Waals surface area contributed by atoms with Gasteiger partial charge in [-0.1, -0.05) is 13.8 Å². The van der Waals surface area contributed by atoms with Crippen molar-refractivity contribution in [3.63, 3.8) is 0 Å². The summed E-state index contributed by atoms with van der Waals surface area (Å²) in [5, 5.41) is 3.66. The third-order valence-electron chi connectivity index (χ3n) is 4.33. The summed E-state index contributed by atoms with van der Waals surface area (Å²) in [6, 6.07) is 0. The number of nitrogens with one attached hydrogen (secondary N) is 1. The molecule has 108 valence electrons. The number of rotatable bonds is 5. The normalized spacial score (nSPS) is 24.1. The predicted octanol–water partition coefficient (Wildman–Crippen LogP) is 1.27. The van der Waals surface area contributed by atoms with Gasteiger partial charge in [0.05, 0.1) is 5.75 Å². The van der Waals surface area contributed by atoms with Gasteiger partial charge in [0.2, 0.25) is 0 Å². The summed E-state index contributed by atoms with van der Waals surface area (Å²) in [4.78, 5) is 2.33. The monoisotopic (exact) mass is 276 g/mol. The van der Waals surface area contributed by atoms with Crippen LogP contribution in [-0.4, -0.2) is 56.0 Å². The summed E-state index contributed by atoms with van der Waals surface area (Å²) in [7, 11) is -2.89. The van der Waals surface area contributed by atoms with Gasteiger partial charge in [0, 0.05) is 37.0 Å². The van der Waals surface area contributed by atoms with Gasteiger partial charge in [-0.25, -0.2) is 8.42 Å². The molecule has 5 heteroatoms. The first-order valence-electron chi connectivity index (χ1n) is 6.82. The molecule has 1 heterocycles. The molecule has 0 bridgehead atoms. The highest BCUT2D eigenvalue weighted by Crippen LogP contribution is 2.27. The lowest BCUT2D eigenvalue weighted by molar-refractivity contribution is 0.0277. The van der Waals surface area contributed by atoms with Gasteiger partial charge >= 0.3 is 0 Å². The minimum Gasteiger partial charge on any atom is -0.308 e. The third-order valence-corrected chi connectivity index (χ3v) is 5.26. The first kappa shape index (κ1) is 15.9. The zero-order valence-corrected chi connectivity index (χ0v) is 13.2. The zero-order chi connectivity index (χ0) is 14.0. The SMILES string of the molecule is CCC1(CC)CN(CCS(C)(=O)=O)C(C)(C)CN1. The van der Waals surface area contributed by atoms with Crippen molar-refractivity contribution in [2.24, 2.45) is 0 Å². The molecule has 1 saturated heterocycles. The lowest BCUT2D eigenvalue weighted by Crippen LogP contribution is -2.68. The van der Waals surface area contributed by atoms with Crippen molar-refractivity contribution in [2.75, 3.05) is 31.6 Å². The highest BCUT2D eigenvalue weighted by molar-refractivity contribution is 7.90. The summed E-state index contributed by atoms with van der Waals surface area (Å²) in [6.45, 7) is 11.2. The minimum atomic E-state index is -2.89. The van der Waals surface area contributed by atoms with E-state index in [-0.39, 0.29) is 16.8 Å².